The van der Waals surface area contributed by atoms with Gasteiger partial charge in [0.25, 0.3) is 0 Å². The number of hydrogen-bond acceptors (Lipinski definition) is 4. The molecule has 3 rings (SSSR count). The lowest BCUT2D eigenvalue weighted by Crippen LogP contribution is -2.33. The topological polar surface area (TPSA) is 71.8 Å². The second-order valence-corrected chi connectivity index (χ2v) is 6.58. The minimum absolute atomic E-state index is 0.205. The predicted molar refractivity (Wildman–Crippen MR) is 98.2 cm³/mol. The van der Waals surface area contributed by atoms with Crippen molar-refractivity contribution in [1.82, 2.24) is 5.32 Å². The molecule has 1 aromatic carbocycles. The van der Waals surface area contributed by atoms with Crippen molar-refractivity contribution in [1.29, 1.82) is 0 Å². The molecule has 0 spiro atoms. The summed E-state index contributed by atoms with van der Waals surface area (Å²) in [6, 6.07) is 7.97. The molecule has 2 aromatic rings. The number of carbonyl (C=O) groups excluding carboxylic acids is 2. The minimum atomic E-state index is -0.570. The summed E-state index contributed by atoms with van der Waals surface area (Å²) in [4.78, 5) is 24.3. The zero-order chi connectivity index (χ0) is 18.7. The van der Waals surface area contributed by atoms with E-state index in [1.54, 1.807) is 30.3 Å². The summed E-state index contributed by atoms with van der Waals surface area (Å²) >= 11 is 3.35. The number of rotatable bonds is 5. The summed E-state index contributed by atoms with van der Waals surface area (Å²) in [5.41, 5.74) is 0.739. The standard InChI is InChI=1S/C18H16BrFN2O4/c1-11(23)21-9-14-10-22(18(24)26-14)13-5-4-12(16(20)8-13)7-15(19)17-3-2-6-25-17/h2-8,14H,9-10H2,1H3,(H,21,23)/t14-/m0/s1. The Balaban J connectivity index is 1.74. The average molecular weight is 423 g/mol. The molecular formula is C18H16BrFN2O4. The zero-order valence-corrected chi connectivity index (χ0v) is 15.5. The van der Waals surface area contributed by atoms with Gasteiger partial charge in [0.2, 0.25) is 5.91 Å². The third-order valence-electron chi connectivity index (χ3n) is 3.79. The van der Waals surface area contributed by atoms with Crippen LogP contribution >= 0.6 is 15.9 Å². The summed E-state index contributed by atoms with van der Waals surface area (Å²) in [5, 5.41) is 2.60. The maximum Gasteiger partial charge on any atom is 0.414 e. The molecule has 2 amide bonds. The van der Waals surface area contributed by atoms with E-state index in [9.17, 15) is 14.0 Å². The molecule has 0 bridgehead atoms. The van der Waals surface area contributed by atoms with Crippen molar-refractivity contribution in [2.24, 2.45) is 0 Å². The average Bonchev–Trinajstić information content (AvgIpc) is 3.24. The fraction of sp³-hybridized carbons (Fsp3) is 0.222. The van der Waals surface area contributed by atoms with Gasteiger partial charge in [0.05, 0.1) is 29.5 Å². The van der Waals surface area contributed by atoms with Crippen LogP contribution in [0.25, 0.3) is 10.6 Å². The molecular weight excluding hydrogens is 407 g/mol. The number of nitrogens with zero attached hydrogens (tertiary/aromatic N) is 1. The summed E-state index contributed by atoms with van der Waals surface area (Å²) in [6.07, 6.45) is 2.09. The number of carbonyl (C=O) groups is 2. The number of hydrogen-bond donors (Lipinski definition) is 1. The number of halogens is 2. The van der Waals surface area contributed by atoms with E-state index >= 15 is 0 Å². The van der Waals surface area contributed by atoms with Crippen LogP contribution < -0.4 is 10.2 Å². The van der Waals surface area contributed by atoms with E-state index in [0.717, 1.165) is 0 Å². The van der Waals surface area contributed by atoms with Gasteiger partial charge in [-0.2, -0.15) is 0 Å². The molecule has 1 aromatic heterocycles. The highest BCUT2D eigenvalue weighted by Crippen LogP contribution is 2.28. The summed E-state index contributed by atoms with van der Waals surface area (Å²) < 4.78 is 25.5. The van der Waals surface area contributed by atoms with Crippen molar-refractivity contribution in [3.63, 3.8) is 0 Å². The fourth-order valence-corrected chi connectivity index (χ4v) is 2.99. The number of benzene rings is 1. The van der Waals surface area contributed by atoms with Gasteiger partial charge in [-0.3, -0.25) is 9.69 Å². The van der Waals surface area contributed by atoms with Crippen LogP contribution in [0.3, 0.4) is 0 Å². The highest BCUT2D eigenvalue weighted by atomic mass is 79.9. The first-order valence-electron chi connectivity index (χ1n) is 7.87. The molecule has 1 aliphatic heterocycles. The molecule has 2 heterocycles. The Kier molecular flexibility index (Phi) is 5.41. The SMILES string of the molecule is CC(=O)NC[C@H]1CN(c2ccc(C=C(Br)c3ccco3)c(F)c2)C(=O)O1. The lowest BCUT2D eigenvalue weighted by atomic mass is 10.1. The van der Waals surface area contributed by atoms with Crippen LogP contribution in [-0.4, -0.2) is 31.2 Å². The van der Waals surface area contributed by atoms with Crippen molar-refractivity contribution in [3.05, 3.63) is 53.7 Å². The van der Waals surface area contributed by atoms with Crippen LogP contribution in [-0.2, 0) is 9.53 Å². The third-order valence-corrected chi connectivity index (χ3v) is 4.41. The second-order valence-electron chi connectivity index (χ2n) is 5.73. The van der Waals surface area contributed by atoms with Crippen molar-refractivity contribution in [2.75, 3.05) is 18.0 Å². The van der Waals surface area contributed by atoms with Gasteiger partial charge in [0.1, 0.15) is 17.7 Å². The Morgan fingerprint density at radius 3 is 2.92 bits per heavy atom. The maximum atomic E-state index is 14.5. The summed E-state index contributed by atoms with van der Waals surface area (Å²) in [7, 11) is 0. The van der Waals surface area contributed by atoms with Crippen molar-refractivity contribution in [3.8, 4) is 0 Å². The summed E-state index contributed by atoms with van der Waals surface area (Å²) in [5.74, 6) is -0.106. The van der Waals surface area contributed by atoms with Crippen LogP contribution in [0, 0.1) is 5.82 Å². The predicted octanol–water partition coefficient (Wildman–Crippen LogP) is 3.77. The molecule has 6 nitrogen and oxygen atoms in total. The van der Waals surface area contributed by atoms with E-state index in [2.05, 4.69) is 21.2 Å². The molecule has 8 heteroatoms. The van der Waals surface area contributed by atoms with Gasteiger partial charge in [-0.25, -0.2) is 9.18 Å². The molecule has 136 valence electrons. The number of nitrogens with one attached hydrogen (secondary N) is 1. The number of ether oxygens (including phenoxy) is 1. The molecule has 1 saturated heterocycles. The van der Waals surface area contributed by atoms with E-state index in [1.807, 2.05) is 0 Å². The molecule has 1 N–H and O–H groups in total. The van der Waals surface area contributed by atoms with Gasteiger partial charge in [0.15, 0.2) is 0 Å². The Morgan fingerprint density at radius 2 is 2.27 bits per heavy atom. The van der Waals surface area contributed by atoms with E-state index in [4.69, 9.17) is 9.15 Å². The van der Waals surface area contributed by atoms with E-state index < -0.39 is 18.0 Å². The van der Waals surface area contributed by atoms with E-state index in [-0.39, 0.29) is 19.0 Å². The first-order valence-corrected chi connectivity index (χ1v) is 8.66. The monoisotopic (exact) mass is 422 g/mol. The van der Waals surface area contributed by atoms with Crippen LogP contribution in [0.1, 0.15) is 18.2 Å². The molecule has 0 aliphatic carbocycles. The van der Waals surface area contributed by atoms with Gasteiger partial charge in [-0.05, 0) is 52.3 Å². The normalized spacial score (nSPS) is 17.3. The first kappa shape index (κ1) is 18.2. The zero-order valence-electron chi connectivity index (χ0n) is 13.9. The Morgan fingerprint density at radius 1 is 1.46 bits per heavy atom. The van der Waals surface area contributed by atoms with Crippen LogP contribution in [0.4, 0.5) is 14.9 Å². The van der Waals surface area contributed by atoms with Gasteiger partial charge in [-0.1, -0.05) is 0 Å². The number of amides is 2. The number of anilines is 1. The minimum Gasteiger partial charge on any atom is -0.464 e. The van der Waals surface area contributed by atoms with Crippen molar-refractivity contribution < 1.29 is 23.1 Å². The molecule has 1 fully saturated rings. The Hall–Kier alpha value is -2.61. The van der Waals surface area contributed by atoms with Gasteiger partial charge in [-0.15, -0.1) is 0 Å². The van der Waals surface area contributed by atoms with Crippen LogP contribution in [0.15, 0.2) is 41.0 Å². The molecule has 26 heavy (non-hydrogen) atoms. The number of furan rings is 1. The second kappa shape index (κ2) is 7.74. The van der Waals surface area contributed by atoms with E-state index in [0.29, 0.717) is 21.5 Å². The van der Waals surface area contributed by atoms with Crippen molar-refractivity contribution in [2.45, 2.75) is 13.0 Å². The Bertz CT molecular complexity index is 851. The van der Waals surface area contributed by atoms with E-state index in [1.165, 1.54) is 24.2 Å². The van der Waals surface area contributed by atoms with Gasteiger partial charge < -0.3 is 14.5 Å². The molecule has 1 atom stereocenters. The summed E-state index contributed by atoms with van der Waals surface area (Å²) in [6.45, 7) is 1.85. The van der Waals surface area contributed by atoms with Crippen molar-refractivity contribution >= 4 is 44.2 Å². The Labute approximate surface area is 157 Å². The largest absolute Gasteiger partial charge is 0.464 e. The first-order chi connectivity index (χ1) is 12.4. The van der Waals surface area contributed by atoms with Gasteiger partial charge in [0, 0.05) is 12.5 Å². The molecule has 0 unspecified atom stereocenters. The fourth-order valence-electron chi connectivity index (χ4n) is 2.52. The van der Waals surface area contributed by atoms with Crippen LogP contribution in [0.5, 0.6) is 0 Å². The molecule has 0 radical (unpaired) electrons. The van der Waals surface area contributed by atoms with Crippen LogP contribution in [0.2, 0.25) is 0 Å². The smallest absolute Gasteiger partial charge is 0.414 e. The maximum absolute atomic E-state index is 14.5. The highest BCUT2D eigenvalue weighted by molar-refractivity contribution is 9.15. The lowest BCUT2D eigenvalue weighted by molar-refractivity contribution is -0.119. The van der Waals surface area contributed by atoms with Gasteiger partial charge >= 0.3 is 6.09 Å². The molecule has 0 saturated carbocycles. The highest BCUT2D eigenvalue weighted by Gasteiger charge is 2.32. The quantitative estimate of drug-likeness (QED) is 0.795. The molecule has 1 aliphatic rings. The third kappa shape index (κ3) is 4.13. The number of cyclic esters (lactones) is 1. The lowest BCUT2D eigenvalue weighted by Gasteiger charge is -2.14.